The third kappa shape index (κ3) is 4.83. The van der Waals surface area contributed by atoms with Crippen LogP contribution in [0.5, 0.6) is 5.75 Å². The first-order chi connectivity index (χ1) is 12.6. The van der Waals surface area contributed by atoms with Gasteiger partial charge in [-0.2, -0.15) is 0 Å². The third-order valence-corrected chi connectivity index (χ3v) is 4.12. The molecular formula is C21H19ClN2O2. The maximum atomic E-state index is 12.2. The van der Waals surface area contributed by atoms with E-state index in [0.717, 1.165) is 16.7 Å². The molecule has 1 amide bonds. The van der Waals surface area contributed by atoms with Crippen LogP contribution in [0.25, 0.3) is 11.1 Å². The van der Waals surface area contributed by atoms with Gasteiger partial charge >= 0.3 is 0 Å². The Labute approximate surface area is 157 Å². The van der Waals surface area contributed by atoms with Gasteiger partial charge in [-0.05, 0) is 41.8 Å². The van der Waals surface area contributed by atoms with E-state index >= 15 is 0 Å². The van der Waals surface area contributed by atoms with Crippen LogP contribution in [-0.2, 0) is 11.3 Å². The zero-order valence-corrected chi connectivity index (χ0v) is 15.1. The Kier molecular flexibility index (Phi) is 5.87. The summed E-state index contributed by atoms with van der Waals surface area (Å²) < 4.78 is 5.73. The number of ether oxygens (including phenoxy) is 1. The zero-order valence-electron chi connectivity index (χ0n) is 14.4. The molecule has 1 atom stereocenters. The molecule has 0 saturated heterocycles. The Morgan fingerprint density at radius 1 is 1.04 bits per heavy atom. The Balaban J connectivity index is 1.54. The van der Waals surface area contributed by atoms with E-state index in [1.807, 2.05) is 48.5 Å². The molecule has 0 spiro atoms. The van der Waals surface area contributed by atoms with Gasteiger partial charge in [-0.15, -0.1) is 0 Å². The molecule has 2 aromatic carbocycles. The van der Waals surface area contributed by atoms with E-state index in [4.69, 9.17) is 16.3 Å². The van der Waals surface area contributed by atoms with E-state index in [2.05, 4.69) is 22.4 Å². The maximum Gasteiger partial charge on any atom is 0.261 e. The second-order valence-electron chi connectivity index (χ2n) is 5.86. The average Bonchev–Trinajstić information content (AvgIpc) is 2.68. The summed E-state index contributed by atoms with van der Waals surface area (Å²) >= 11 is 5.75. The first-order valence-corrected chi connectivity index (χ1v) is 8.70. The van der Waals surface area contributed by atoms with E-state index in [1.54, 1.807) is 19.2 Å². The fraction of sp³-hybridized carbons (Fsp3) is 0.143. The Morgan fingerprint density at radius 2 is 1.73 bits per heavy atom. The first-order valence-electron chi connectivity index (χ1n) is 8.32. The van der Waals surface area contributed by atoms with Gasteiger partial charge in [0.2, 0.25) is 0 Å². The Hall–Kier alpha value is -2.85. The largest absolute Gasteiger partial charge is 0.481 e. The molecule has 0 aliphatic heterocycles. The molecule has 0 aliphatic carbocycles. The lowest BCUT2D eigenvalue weighted by Gasteiger charge is -2.15. The number of aromatic nitrogens is 1. The second-order valence-corrected chi connectivity index (χ2v) is 6.24. The summed E-state index contributed by atoms with van der Waals surface area (Å²) in [7, 11) is 0. The predicted octanol–water partition coefficient (Wildman–Crippen LogP) is 4.49. The molecule has 0 saturated carbocycles. The molecule has 1 aromatic heterocycles. The highest BCUT2D eigenvalue weighted by Crippen LogP contribution is 2.22. The van der Waals surface area contributed by atoms with E-state index in [9.17, 15) is 4.79 Å². The van der Waals surface area contributed by atoms with Gasteiger partial charge in [0, 0.05) is 12.7 Å². The number of halogens is 1. The molecule has 132 valence electrons. The molecule has 1 heterocycles. The van der Waals surface area contributed by atoms with Crippen LogP contribution < -0.4 is 10.1 Å². The Bertz CT molecular complexity index is 849. The lowest BCUT2D eigenvalue weighted by atomic mass is 10.1. The lowest BCUT2D eigenvalue weighted by molar-refractivity contribution is -0.127. The molecule has 4 nitrogen and oxygen atoms in total. The van der Waals surface area contributed by atoms with Gasteiger partial charge in [0.25, 0.3) is 5.91 Å². The molecule has 26 heavy (non-hydrogen) atoms. The molecule has 1 unspecified atom stereocenters. The summed E-state index contributed by atoms with van der Waals surface area (Å²) in [6.45, 7) is 2.10. The van der Waals surface area contributed by atoms with Crippen LogP contribution in [0.3, 0.4) is 0 Å². The number of carbonyl (C=O) groups excluding carboxylic acids is 1. The molecule has 0 radical (unpaired) electrons. The topological polar surface area (TPSA) is 51.2 Å². The number of carbonyl (C=O) groups is 1. The summed E-state index contributed by atoms with van der Waals surface area (Å²) in [5.41, 5.74) is 3.12. The van der Waals surface area contributed by atoms with Crippen molar-refractivity contribution in [2.24, 2.45) is 0 Å². The first kappa shape index (κ1) is 18.0. The van der Waals surface area contributed by atoms with E-state index in [0.29, 0.717) is 17.4 Å². The summed E-state index contributed by atoms with van der Waals surface area (Å²) in [5, 5.41) is 3.26. The van der Waals surface area contributed by atoms with Gasteiger partial charge in [0.15, 0.2) is 6.10 Å². The molecule has 3 rings (SSSR count). The standard InChI is InChI=1S/C21H19ClN2O2/c1-15(21(25)24-14-16-7-12-20(22)23-13-16)26-19-10-8-18(9-11-19)17-5-3-2-4-6-17/h2-13,15H,14H2,1H3,(H,24,25). The van der Waals surface area contributed by atoms with Crippen molar-refractivity contribution < 1.29 is 9.53 Å². The van der Waals surface area contributed by atoms with Crippen molar-refractivity contribution in [1.82, 2.24) is 10.3 Å². The average molecular weight is 367 g/mol. The molecule has 0 aliphatic rings. The number of hydrogen-bond acceptors (Lipinski definition) is 3. The van der Waals surface area contributed by atoms with Crippen molar-refractivity contribution in [2.45, 2.75) is 19.6 Å². The number of pyridine rings is 1. The minimum atomic E-state index is -0.599. The van der Waals surface area contributed by atoms with Gasteiger partial charge in [-0.25, -0.2) is 4.98 Å². The number of rotatable bonds is 6. The summed E-state index contributed by atoms with van der Waals surface area (Å²) in [4.78, 5) is 16.2. The van der Waals surface area contributed by atoms with Crippen molar-refractivity contribution in [3.05, 3.63) is 83.6 Å². The van der Waals surface area contributed by atoms with Crippen molar-refractivity contribution in [3.8, 4) is 16.9 Å². The second kappa shape index (κ2) is 8.50. The highest BCUT2D eigenvalue weighted by atomic mass is 35.5. The number of nitrogens with zero attached hydrogens (tertiary/aromatic N) is 1. The van der Waals surface area contributed by atoms with Crippen LogP contribution in [0.15, 0.2) is 72.9 Å². The smallest absolute Gasteiger partial charge is 0.261 e. The highest BCUT2D eigenvalue weighted by molar-refractivity contribution is 6.29. The number of hydrogen-bond donors (Lipinski definition) is 1. The minimum Gasteiger partial charge on any atom is -0.481 e. The fourth-order valence-electron chi connectivity index (χ4n) is 2.46. The molecular weight excluding hydrogens is 348 g/mol. The van der Waals surface area contributed by atoms with E-state index < -0.39 is 6.10 Å². The van der Waals surface area contributed by atoms with E-state index in [-0.39, 0.29) is 5.91 Å². The number of nitrogens with one attached hydrogen (secondary N) is 1. The van der Waals surface area contributed by atoms with Crippen LogP contribution >= 0.6 is 11.6 Å². The van der Waals surface area contributed by atoms with Crippen molar-refractivity contribution >= 4 is 17.5 Å². The fourth-order valence-corrected chi connectivity index (χ4v) is 2.57. The highest BCUT2D eigenvalue weighted by Gasteiger charge is 2.14. The van der Waals surface area contributed by atoms with Gasteiger partial charge in [0.1, 0.15) is 10.9 Å². The van der Waals surface area contributed by atoms with Crippen molar-refractivity contribution in [2.75, 3.05) is 0 Å². The zero-order chi connectivity index (χ0) is 18.4. The summed E-state index contributed by atoms with van der Waals surface area (Å²) in [6.07, 6.45) is 1.04. The van der Waals surface area contributed by atoms with Crippen LogP contribution in [-0.4, -0.2) is 17.0 Å². The van der Waals surface area contributed by atoms with Crippen LogP contribution in [0.1, 0.15) is 12.5 Å². The summed E-state index contributed by atoms with van der Waals surface area (Å²) in [6, 6.07) is 21.3. The Morgan fingerprint density at radius 3 is 2.38 bits per heavy atom. The lowest BCUT2D eigenvalue weighted by Crippen LogP contribution is -2.35. The number of benzene rings is 2. The monoisotopic (exact) mass is 366 g/mol. The predicted molar refractivity (Wildman–Crippen MR) is 103 cm³/mol. The molecule has 0 bridgehead atoms. The quantitative estimate of drug-likeness (QED) is 0.654. The third-order valence-electron chi connectivity index (χ3n) is 3.90. The maximum absolute atomic E-state index is 12.2. The van der Waals surface area contributed by atoms with Crippen molar-refractivity contribution in [3.63, 3.8) is 0 Å². The molecule has 5 heteroatoms. The van der Waals surface area contributed by atoms with Crippen LogP contribution in [0.2, 0.25) is 5.15 Å². The van der Waals surface area contributed by atoms with Crippen LogP contribution in [0, 0.1) is 0 Å². The molecule has 0 fully saturated rings. The molecule has 3 aromatic rings. The van der Waals surface area contributed by atoms with Crippen LogP contribution in [0.4, 0.5) is 0 Å². The SMILES string of the molecule is CC(Oc1ccc(-c2ccccc2)cc1)C(=O)NCc1ccc(Cl)nc1. The minimum absolute atomic E-state index is 0.188. The van der Waals surface area contributed by atoms with Gasteiger partial charge in [-0.3, -0.25) is 4.79 Å². The van der Waals surface area contributed by atoms with Gasteiger partial charge < -0.3 is 10.1 Å². The van der Waals surface area contributed by atoms with Gasteiger partial charge in [0.05, 0.1) is 0 Å². The van der Waals surface area contributed by atoms with Crippen molar-refractivity contribution in [1.29, 1.82) is 0 Å². The summed E-state index contributed by atoms with van der Waals surface area (Å²) in [5.74, 6) is 0.465. The number of amides is 1. The van der Waals surface area contributed by atoms with Gasteiger partial charge in [-0.1, -0.05) is 60.1 Å². The molecule has 1 N–H and O–H groups in total. The van der Waals surface area contributed by atoms with E-state index in [1.165, 1.54) is 0 Å². The normalized spacial score (nSPS) is 11.6.